The first-order valence-corrected chi connectivity index (χ1v) is 19.6. The minimum absolute atomic E-state index is 0. The van der Waals surface area contributed by atoms with E-state index in [0.717, 1.165) is 11.1 Å². The van der Waals surface area contributed by atoms with E-state index in [0.29, 0.717) is 45.6 Å². The highest BCUT2D eigenvalue weighted by molar-refractivity contribution is 7.60. The van der Waals surface area contributed by atoms with Crippen LogP contribution in [0.4, 0.5) is 0 Å². The molecule has 332 valence electrons. The van der Waals surface area contributed by atoms with Crippen molar-refractivity contribution in [3.63, 3.8) is 0 Å². The van der Waals surface area contributed by atoms with E-state index < -0.39 is 41.2 Å². The van der Waals surface area contributed by atoms with Crippen molar-refractivity contribution in [1.82, 2.24) is 15.5 Å². The monoisotopic (exact) mass is 923 g/mol. The summed E-state index contributed by atoms with van der Waals surface area (Å²) in [5.41, 5.74) is 0.0494. The van der Waals surface area contributed by atoms with Gasteiger partial charge in [-0.15, -0.1) is 11.6 Å². The third-order valence-corrected chi connectivity index (χ3v) is 10.2. The zero-order chi connectivity index (χ0) is 39.0. The van der Waals surface area contributed by atoms with Crippen LogP contribution in [-0.2, 0) is 41.6 Å². The van der Waals surface area contributed by atoms with Crippen molar-refractivity contribution in [1.29, 1.82) is 0 Å². The second kappa shape index (κ2) is 31.2. The van der Waals surface area contributed by atoms with Crippen LogP contribution in [0, 0.1) is 23.7 Å². The van der Waals surface area contributed by atoms with Crippen molar-refractivity contribution in [3.8, 4) is 0 Å². The Hall–Kier alpha value is -1.69. The molecule has 10 nitrogen and oxygen atoms in total. The van der Waals surface area contributed by atoms with Crippen molar-refractivity contribution in [2.24, 2.45) is 23.7 Å². The third kappa shape index (κ3) is 21.7. The molecule has 0 bridgehead atoms. The van der Waals surface area contributed by atoms with Gasteiger partial charge in [0.25, 0.3) is 0 Å². The summed E-state index contributed by atoms with van der Waals surface area (Å²) in [5.74, 6) is -3.54. The van der Waals surface area contributed by atoms with Crippen molar-refractivity contribution in [2.45, 2.75) is 97.2 Å². The molecule has 3 rings (SSSR count). The molecule has 0 aromatic heterocycles. The number of ether oxygens (including phenoxy) is 1. The van der Waals surface area contributed by atoms with Crippen LogP contribution < -0.4 is 10.6 Å². The smallest absolute Gasteiger partial charge is 0.224 e. The molecule has 1 heterocycles. The zero-order valence-electron chi connectivity index (χ0n) is 34.7. The van der Waals surface area contributed by atoms with Crippen LogP contribution in [0.15, 0.2) is 60.7 Å². The lowest BCUT2D eigenvalue weighted by Crippen LogP contribution is -2.53. The van der Waals surface area contributed by atoms with E-state index in [1.54, 1.807) is 0 Å². The molecule has 2 aromatic carbocycles. The molecule has 0 unspecified atom stereocenters. The number of nitrogens with one attached hydrogen (secondary N) is 2. The van der Waals surface area contributed by atoms with Gasteiger partial charge in [0.15, 0.2) is 11.6 Å². The van der Waals surface area contributed by atoms with Gasteiger partial charge in [-0.05, 0) is 62.0 Å². The van der Waals surface area contributed by atoms with Gasteiger partial charge in [0.05, 0.1) is 37.7 Å². The van der Waals surface area contributed by atoms with E-state index in [9.17, 15) is 29.1 Å². The minimum atomic E-state index is -1.84. The molecule has 1 saturated heterocycles. The van der Waals surface area contributed by atoms with Gasteiger partial charge in [-0.1, -0.05) is 88.4 Å². The Balaban J connectivity index is -0.00000605. The number of Topliss-reactive ketones (excluding diaryl/α,β-unsaturated/α-hetero) is 3. The largest absolute Gasteiger partial charge is 0.381 e. The molecule has 5 atom stereocenters. The molecule has 0 saturated carbocycles. The molecule has 0 radical (unpaired) electrons. The van der Waals surface area contributed by atoms with Crippen LogP contribution in [-0.4, -0.2) is 95.6 Å². The normalized spacial score (nSPS) is 15.5. The number of benzene rings is 2. The van der Waals surface area contributed by atoms with Crippen molar-refractivity contribution in [3.05, 3.63) is 71.8 Å². The van der Waals surface area contributed by atoms with Gasteiger partial charge in [0.2, 0.25) is 11.8 Å². The molecule has 1 aliphatic heterocycles. The molecule has 16 heteroatoms. The number of halogens is 1. The molecular formula is C42H70ClN3O7S5. The molecule has 0 spiro atoms. The topological polar surface area (TPSA) is 142 Å². The number of hydrogen-bond acceptors (Lipinski definition) is 8. The highest BCUT2D eigenvalue weighted by Crippen LogP contribution is 2.22. The molecule has 2 amide bonds. The number of morpholine rings is 1. The number of carbonyl (C=O) groups excluding carboxylic acids is 5. The summed E-state index contributed by atoms with van der Waals surface area (Å²) in [6, 6.07) is 17.2. The summed E-state index contributed by atoms with van der Waals surface area (Å²) in [5, 5.41) is 16.5. The average molecular weight is 925 g/mol. The van der Waals surface area contributed by atoms with E-state index in [1.165, 1.54) is 6.92 Å². The van der Waals surface area contributed by atoms with Crippen molar-refractivity contribution >= 4 is 108 Å². The second-order valence-electron chi connectivity index (χ2n) is 15.6. The lowest BCUT2D eigenvalue weighted by molar-refractivity contribution is -0.140. The van der Waals surface area contributed by atoms with Gasteiger partial charge in [-0.25, -0.2) is 0 Å². The van der Waals surface area contributed by atoms with Gasteiger partial charge >= 0.3 is 0 Å². The highest BCUT2D eigenvalue weighted by Gasteiger charge is 2.38. The van der Waals surface area contributed by atoms with Gasteiger partial charge < -0.3 is 20.5 Å². The summed E-state index contributed by atoms with van der Waals surface area (Å²) in [7, 11) is 0. The van der Waals surface area contributed by atoms with Gasteiger partial charge in [0, 0.05) is 37.8 Å². The minimum Gasteiger partial charge on any atom is -0.381 e. The van der Waals surface area contributed by atoms with E-state index in [2.05, 4.69) is 10.6 Å². The molecule has 1 fully saturated rings. The predicted octanol–water partition coefficient (Wildman–Crippen LogP) is 5.53. The number of aryl methyl sites for hydroxylation is 1. The first kappa shape index (κ1) is 60.6. The SMILES string of the molecule is CC(C)C[C@H](NC(=O)[C@H](CCc1ccccc1)CC(=O)CN1CCOCC1)C(=O)C[C@@H](Cc1ccccc1)C(=O)N[C@@H](CC(C)C)C(=O)[C@](C)(O)CCl.S.S.S.S.S. The summed E-state index contributed by atoms with van der Waals surface area (Å²) >= 11 is 5.92. The first-order valence-electron chi connectivity index (χ1n) is 19.0. The van der Waals surface area contributed by atoms with Gasteiger partial charge in [-0.3, -0.25) is 28.9 Å². The van der Waals surface area contributed by atoms with Crippen LogP contribution in [0.2, 0.25) is 0 Å². The Morgan fingerprint density at radius 1 is 0.741 bits per heavy atom. The maximum atomic E-state index is 14.2. The number of nitrogens with zero attached hydrogens (tertiary/aromatic N) is 1. The molecule has 1 aliphatic rings. The number of rotatable bonds is 23. The van der Waals surface area contributed by atoms with Gasteiger partial charge in [0.1, 0.15) is 11.4 Å². The fourth-order valence-corrected chi connectivity index (χ4v) is 6.80. The van der Waals surface area contributed by atoms with Crippen molar-refractivity contribution < 1.29 is 33.8 Å². The average Bonchev–Trinajstić information content (AvgIpc) is 3.12. The molecule has 0 aliphatic carbocycles. The number of amides is 2. The summed E-state index contributed by atoms with van der Waals surface area (Å²) in [4.78, 5) is 70.9. The maximum absolute atomic E-state index is 14.2. The summed E-state index contributed by atoms with van der Waals surface area (Å²) in [6.07, 6.45) is 1.76. The standard InChI is InChI=1S/C42H60ClN3O7.5H2S/c1-29(2)22-36(44-40(50)33(17-16-31-12-8-6-9-13-31)25-35(47)27-46-18-20-53-21-19-46)38(48)26-34(24-32-14-10-7-11-15-32)41(51)45-37(23-30(3)4)39(49)42(5,52)28-43;;;;;/h6-15,29-30,33-34,36-37,52H,16-28H2,1-5H3,(H,44,50)(H,45,51);5*1H2/t33-,34-,36+,37+,42-;;;;;/m1...../s1. The predicted molar refractivity (Wildman–Crippen MR) is 259 cm³/mol. The zero-order valence-corrected chi connectivity index (χ0v) is 40.4. The van der Waals surface area contributed by atoms with E-state index in [1.807, 2.05) is 93.3 Å². The second-order valence-corrected chi connectivity index (χ2v) is 15.8. The Bertz CT molecular complexity index is 1490. The number of aliphatic hydroxyl groups is 1. The maximum Gasteiger partial charge on any atom is 0.224 e. The fourth-order valence-electron chi connectivity index (χ4n) is 6.67. The molecule has 58 heavy (non-hydrogen) atoms. The van der Waals surface area contributed by atoms with E-state index in [4.69, 9.17) is 16.3 Å². The summed E-state index contributed by atoms with van der Waals surface area (Å²) < 4.78 is 5.42. The lowest BCUT2D eigenvalue weighted by Gasteiger charge is -2.29. The molecule has 2 aromatic rings. The first-order chi connectivity index (χ1) is 25.2. The fraction of sp³-hybridized carbons (Fsp3) is 0.595. The quantitative estimate of drug-likeness (QED) is 0.124. The Kier molecular flexibility index (Phi) is 32.6. The number of ketones is 3. The van der Waals surface area contributed by atoms with Crippen LogP contribution in [0.1, 0.15) is 77.8 Å². The highest BCUT2D eigenvalue weighted by atomic mass is 35.5. The van der Waals surface area contributed by atoms with E-state index >= 15 is 0 Å². The Morgan fingerprint density at radius 3 is 1.74 bits per heavy atom. The number of hydrogen-bond donors (Lipinski definition) is 3. The lowest BCUT2D eigenvalue weighted by atomic mass is 9.87. The Morgan fingerprint density at radius 2 is 1.22 bits per heavy atom. The van der Waals surface area contributed by atoms with E-state index in [-0.39, 0.29) is 135 Å². The number of alkyl halides is 1. The molecule has 3 N–H and O–H groups in total. The van der Waals surface area contributed by atoms with Crippen LogP contribution in [0.25, 0.3) is 0 Å². The third-order valence-electron chi connectivity index (χ3n) is 9.66. The number of carbonyl (C=O) groups is 5. The molecular weight excluding hydrogens is 854 g/mol. The van der Waals surface area contributed by atoms with Crippen LogP contribution in [0.3, 0.4) is 0 Å². The summed E-state index contributed by atoms with van der Waals surface area (Å²) in [6.45, 7) is 11.8. The Labute approximate surface area is 386 Å². The van der Waals surface area contributed by atoms with Crippen LogP contribution >= 0.6 is 79.1 Å². The van der Waals surface area contributed by atoms with Gasteiger partial charge in [-0.2, -0.15) is 67.5 Å². The van der Waals surface area contributed by atoms with Crippen LogP contribution in [0.5, 0.6) is 0 Å². The van der Waals surface area contributed by atoms with Crippen molar-refractivity contribution in [2.75, 3.05) is 38.7 Å².